The maximum Gasteiger partial charge on any atom is 0.0983 e. The molecule has 1 fully saturated rings. The summed E-state index contributed by atoms with van der Waals surface area (Å²) in [5, 5.41) is 0. The van der Waals surface area contributed by atoms with Gasteiger partial charge in [-0.3, -0.25) is 0 Å². The Morgan fingerprint density at radius 3 is 2.27 bits per heavy atom. The smallest absolute Gasteiger partial charge is 0.0983 e. The Labute approximate surface area is 69.4 Å². The van der Waals surface area contributed by atoms with Crippen molar-refractivity contribution in [1.29, 1.82) is 0 Å². The zero-order valence-corrected chi connectivity index (χ0v) is 7.76. The maximum absolute atomic E-state index is 5.27. The van der Waals surface area contributed by atoms with E-state index in [0.29, 0.717) is 11.5 Å². The Kier molecular flexibility index (Phi) is 2.26. The molecule has 1 rings (SSSR count). The Morgan fingerprint density at radius 1 is 1.36 bits per heavy atom. The average molecular weight is 154 g/mol. The van der Waals surface area contributed by atoms with Crippen molar-refractivity contribution in [3.8, 4) is 0 Å². The van der Waals surface area contributed by atoms with E-state index < -0.39 is 0 Å². The Hall–Kier alpha value is -0.460. The van der Waals surface area contributed by atoms with E-state index in [-0.39, 0.29) is 0 Å². The van der Waals surface area contributed by atoms with Gasteiger partial charge in [-0.15, -0.1) is 0 Å². The van der Waals surface area contributed by atoms with Crippen LogP contribution in [0.4, 0.5) is 0 Å². The number of rotatable bonds is 2. The molecule has 0 unspecified atom stereocenters. The summed E-state index contributed by atoms with van der Waals surface area (Å²) in [5.41, 5.74) is 0.459. The number of hydrogen-bond acceptors (Lipinski definition) is 1. The quantitative estimate of drug-likeness (QED) is 0.556. The summed E-state index contributed by atoms with van der Waals surface area (Å²) in [5.74, 6) is 0.840. The van der Waals surface area contributed by atoms with Crippen LogP contribution >= 0.6 is 0 Å². The molecule has 1 heteroatoms. The summed E-state index contributed by atoms with van der Waals surface area (Å²) in [6.07, 6.45) is 4.42. The zero-order valence-electron chi connectivity index (χ0n) is 7.76. The van der Waals surface area contributed by atoms with Gasteiger partial charge in [-0.2, -0.15) is 0 Å². The van der Waals surface area contributed by atoms with Crippen LogP contribution in [0.2, 0.25) is 0 Å². The van der Waals surface area contributed by atoms with Crippen molar-refractivity contribution in [2.24, 2.45) is 11.3 Å². The first-order valence-corrected chi connectivity index (χ1v) is 4.30. The predicted octanol–water partition coefficient (Wildman–Crippen LogP) is 2.97. The van der Waals surface area contributed by atoms with Crippen LogP contribution in [0.3, 0.4) is 0 Å². The van der Waals surface area contributed by atoms with E-state index in [1.54, 1.807) is 6.26 Å². The van der Waals surface area contributed by atoms with Gasteiger partial charge < -0.3 is 4.74 Å². The van der Waals surface area contributed by atoms with Crippen LogP contribution in [0, 0.1) is 11.3 Å². The maximum atomic E-state index is 5.27. The summed E-state index contributed by atoms with van der Waals surface area (Å²) < 4.78 is 5.27. The van der Waals surface area contributed by atoms with E-state index in [1.807, 2.05) is 0 Å². The topological polar surface area (TPSA) is 9.23 Å². The lowest BCUT2D eigenvalue weighted by Gasteiger charge is -2.42. The van der Waals surface area contributed by atoms with E-state index in [9.17, 15) is 0 Å². The Balaban J connectivity index is 2.24. The minimum absolute atomic E-state index is 0.455. The van der Waals surface area contributed by atoms with Crippen molar-refractivity contribution in [3.05, 3.63) is 12.8 Å². The summed E-state index contributed by atoms with van der Waals surface area (Å²) >= 11 is 0. The van der Waals surface area contributed by atoms with Gasteiger partial charge in [0.25, 0.3) is 0 Å². The Bertz CT molecular complexity index is 137. The van der Waals surface area contributed by atoms with E-state index in [1.165, 1.54) is 12.8 Å². The summed E-state index contributed by atoms with van der Waals surface area (Å²) in [4.78, 5) is 0. The number of ether oxygens (including phenoxy) is 1. The predicted molar refractivity (Wildman–Crippen MR) is 47.2 cm³/mol. The van der Waals surface area contributed by atoms with Crippen molar-refractivity contribution in [2.75, 3.05) is 0 Å². The van der Waals surface area contributed by atoms with Gasteiger partial charge in [-0.05, 0) is 24.2 Å². The first-order valence-electron chi connectivity index (χ1n) is 4.30. The molecule has 0 N–H and O–H groups in total. The van der Waals surface area contributed by atoms with Crippen molar-refractivity contribution >= 4 is 0 Å². The van der Waals surface area contributed by atoms with E-state index in [4.69, 9.17) is 4.74 Å². The van der Waals surface area contributed by atoms with Crippen LogP contribution in [0.5, 0.6) is 0 Å². The van der Waals surface area contributed by atoms with E-state index in [2.05, 4.69) is 27.4 Å². The van der Waals surface area contributed by atoms with Gasteiger partial charge in [0.1, 0.15) is 0 Å². The molecule has 0 saturated heterocycles. The second-order valence-corrected chi connectivity index (χ2v) is 4.46. The lowest BCUT2D eigenvalue weighted by atomic mass is 9.67. The van der Waals surface area contributed by atoms with Gasteiger partial charge in [0, 0.05) is 0 Å². The summed E-state index contributed by atoms with van der Waals surface area (Å²) in [6.45, 7) is 10.4. The molecule has 0 aromatic heterocycles. The fraction of sp³-hybridized carbons (Fsp3) is 0.800. The second-order valence-electron chi connectivity index (χ2n) is 4.46. The first-order chi connectivity index (χ1) is 5.04. The van der Waals surface area contributed by atoms with Crippen molar-refractivity contribution < 1.29 is 4.74 Å². The average Bonchev–Trinajstić information content (AvgIpc) is 1.74. The highest BCUT2D eigenvalue weighted by Gasteiger charge is 2.37. The van der Waals surface area contributed by atoms with Crippen LogP contribution in [0.15, 0.2) is 12.8 Å². The van der Waals surface area contributed by atoms with Crippen LogP contribution in [0.1, 0.15) is 33.6 Å². The highest BCUT2D eigenvalue weighted by molar-refractivity contribution is 4.88. The molecule has 1 nitrogen and oxygen atoms in total. The van der Waals surface area contributed by atoms with Gasteiger partial charge in [0.05, 0.1) is 12.4 Å². The molecule has 0 atom stereocenters. The van der Waals surface area contributed by atoms with Crippen LogP contribution < -0.4 is 0 Å². The second kappa shape index (κ2) is 2.88. The molecule has 0 radical (unpaired) electrons. The molecule has 1 aliphatic rings. The molecular formula is C10H18O. The molecule has 0 amide bonds. The molecule has 0 aliphatic heterocycles. The van der Waals surface area contributed by atoms with Crippen LogP contribution in [0.25, 0.3) is 0 Å². The third-order valence-corrected chi connectivity index (χ3v) is 2.61. The summed E-state index contributed by atoms with van der Waals surface area (Å²) in [7, 11) is 0. The highest BCUT2D eigenvalue weighted by atomic mass is 16.5. The third-order valence-electron chi connectivity index (χ3n) is 2.61. The van der Waals surface area contributed by atoms with Gasteiger partial charge in [-0.25, -0.2) is 0 Å². The SMILES string of the molecule is C=COC1CC(C(C)(C)C)C1. The van der Waals surface area contributed by atoms with Crippen molar-refractivity contribution in [1.82, 2.24) is 0 Å². The molecule has 0 spiro atoms. The van der Waals surface area contributed by atoms with Crippen molar-refractivity contribution in [3.63, 3.8) is 0 Å². The molecule has 0 aromatic carbocycles. The van der Waals surface area contributed by atoms with E-state index in [0.717, 1.165) is 5.92 Å². The highest BCUT2D eigenvalue weighted by Crippen LogP contribution is 2.42. The Morgan fingerprint density at radius 2 is 1.91 bits per heavy atom. The van der Waals surface area contributed by atoms with Gasteiger partial charge >= 0.3 is 0 Å². The standard InChI is InChI=1S/C10H18O/c1-5-11-9-6-8(7-9)10(2,3)4/h5,8-9H,1,6-7H2,2-4H3. The van der Waals surface area contributed by atoms with Crippen LogP contribution in [-0.4, -0.2) is 6.10 Å². The minimum Gasteiger partial charge on any atom is -0.499 e. The van der Waals surface area contributed by atoms with Gasteiger partial charge in [-0.1, -0.05) is 27.4 Å². The normalized spacial score (nSPS) is 30.8. The third kappa shape index (κ3) is 1.98. The molecule has 64 valence electrons. The van der Waals surface area contributed by atoms with E-state index >= 15 is 0 Å². The van der Waals surface area contributed by atoms with Gasteiger partial charge in [0.2, 0.25) is 0 Å². The molecule has 0 bridgehead atoms. The fourth-order valence-corrected chi connectivity index (χ4v) is 1.52. The lowest BCUT2D eigenvalue weighted by Crippen LogP contribution is -2.38. The van der Waals surface area contributed by atoms with Crippen molar-refractivity contribution in [2.45, 2.75) is 39.7 Å². The molecule has 0 aromatic rings. The molecular weight excluding hydrogens is 136 g/mol. The summed E-state index contributed by atoms with van der Waals surface area (Å²) in [6, 6.07) is 0. The monoisotopic (exact) mass is 154 g/mol. The number of hydrogen-bond donors (Lipinski definition) is 0. The fourth-order valence-electron chi connectivity index (χ4n) is 1.52. The first kappa shape index (κ1) is 8.63. The lowest BCUT2D eigenvalue weighted by molar-refractivity contribution is -0.0186. The van der Waals surface area contributed by atoms with Crippen LogP contribution in [-0.2, 0) is 4.74 Å². The largest absolute Gasteiger partial charge is 0.499 e. The van der Waals surface area contributed by atoms with Gasteiger partial charge in [0.15, 0.2) is 0 Å². The minimum atomic E-state index is 0.455. The molecule has 11 heavy (non-hydrogen) atoms. The molecule has 1 saturated carbocycles. The molecule has 1 aliphatic carbocycles. The molecule has 0 heterocycles. The zero-order chi connectivity index (χ0) is 8.48.